The summed E-state index contributed by atoms with van der Waals surface area (Å²) in [5.41, 5.74) is 0. The Bertz CT molecular complexity index is 366. The zero-order valence-electron chi connectivity index (χ0n) is 8.15. The van der Waals surface area contributed by atoms with Gasteiger partial charge in [-0.1, -0.05) is 11.6 Å². The average molecular weight is 246 g/mol. The van der Waals surface area contributed by atoms with E-state index in [0.29, 0.717) is 6.54 Å². The van der Waals surface area contributed by atoms with E-state index >= 15 is 0 Å². The summed E-state index contributed by atoms with van der Waals surface area (Å²) < 4.78 is 0.791. The molecule has 15 heavy (non-hydrogen) atoms. The van der Waals surface area contributed by atoms with Gasteiger partial charge in [-0.15, -0.1) is 11.3 Å². The van der Waals surface area contributed by atoms with E-state index in [2.05, 4.69) is 4.90 Å². The normalized spacial score (nSPS) is 22.1. The molecule has 5 heteroatoms. The van der Waals surface area contributed by atoms with Crippen LogP contribution in [0.15, 0.2) is 12.1 Å². The first-order chi connectivity index (χ1) is 7.15. The highest BCUT2D eigenvalue weighted by Gasteiger charge is 2.27. The van der Waals surface area contributed by atoms with Crippen molar-refractivity contribution in [2.45, 2.75) is 13.0 Å². The first kappa shape index (κ1) is 10.9. The molecule has 0 unspecified atom stereocenters. The molecular weight excluding hydrogens is 234 g/mol. The first-order valence-corrected chi connectivity index (χ1v) is 6.04. The van der Waals surface area contributed by atoms with Crippen molar-refractivity contribution in [3.63, 3.8) is 0 Å². The topological polar surface area (TPSA) is 40.5 Å². The Kier molecular flexibility index (Phi) is 3.29. The number of carboxylic acid groups (broad SMARTS) is 1. The standard InChI is InChI=1S/C10H12ClNO2S/c11-9-2-1-8(15-9)6-12-4-3-7(5-12)10(13)14/h1-2,7H,3-6H2,(H,13,14)/t7-/m1/s1. The molecule has 0 saturated carbocycles. The lowest BCUT2D eigenvalue weighted by molar-refractivity contribution is -0.141. The number of nitrogens with zero attached hydrogens (tertiary/aromatic N) is 1. The van der Waals surface area contributed by atoms with Crippen LogP contribution in [0.25, 0.3) is 0 Å². The zero-order chi connectivity index (χ0) is 10.8. The Morgan fingerprint density at radius 2 is 2.47 bits per heavy atom. The third-order valence-electron chi connectivity index (χ3n) is 2.63. The minimum absolute atomic E-state index is 0.194. The van der Waals surface area contributed by atoms with Crippen LogP contribution in [-0.4, -0.2) is 29.1 Å². The van der Waals surface area contributed by atoms with Gasteiger partial charge in [0.2, 0.25) is 0 Å². The number of thiophene rings is 1. The lowest BCUT2D eigenvalue weighted by Gasteiger charge is -2.13. The summed E-state index contributed by atoms with van der Waals surface area (Å²) in [7, 11) is 0. The molecule has 1 aromatic rings. The van der Waals surface area contributed by atoms with Crippen LogP contribution in [0.4, 0.5) is 0 Å². The van der Waals surface area contributed by atoms with Crippen molar-refractivity contribution in [2.75, 3.05) is 13.1 Å². The van der Waals surface area contributed by atoms with Crippen LogP contribution in [-0.2, 0) is 11.3 Å². The van der Waals surface area contributed by atoms with Gasteiger partial charge in [-0.05, 0) is 25.1 Å². The highest BCUT2D eigenvalue weighted by atomic mass is 35.5. The summed E-state index contributed by atoms with van der Waals surface area (Å²) in [5, 5.41) is 8.86. The molecule has 0 aromatic carbocycles. The smallest absolute Gasteiger partial charge is 0.307 e. The Morgan fingerprint density at radius 3 is 3.00 bits per heavy atom. The Balaban J connectivity index is 1.90. The lowest BCUT2D eigenvalue weighted by atomic mass is 10.1. The highest BCUT2D eigenvalue weighted by molar-refractivity contribution is 7.16. The minimum atomic E-state index is -0.679. The molecular formula is C10H12ClNO2S. The van der Waals surface area contributed by atoms with E-state index in [1.807, 2.05) is 12.1 Å². The molecule has 2 rings (SSSR count). The van der Waals surface area contributed by atoms with Gasteiger partial charge in [0.1, 0.15) is 0 Å². The average Bonchev–Trinajstić information content (AvgIpc) is 2.76. The maximum Gasteiger partial charge on any atom is 0.307 e. The number of rotatable bonds is 3. The SMILES string of the molecule is O=C(O)[C@@H]1CCN(Cc2ccc(Cl)s2)C1. The van der Waals surface area contributed by atoms with Crippen LogP contribution in [0.2, 0.25) is 4.34 Å². The number of carboxylic acids is 1. The molecule has 1 atom stereocenters. The minimum Gasteiger partial charge on any atom is -0.481 e. The van der Waals surface area contributed by atoms with Crippen LogP contribution in [0.3, 0.4) is 0 Å². The van der Waals surface area contributed by atoms with Gasteiger partial charge in [0, 0.05) is 18.0 Å². The molecule has 0 amide bonds. The molecule has 1 saturated heterocycles. The van der Waals surface area contributed by atoms with Crippen molar-refractivity contribution in [3.8, 4) is 0 Å². The van der Waals surface area contributed by atoms with Gasteiger partial charge in [0.05, 0.1) is 10.3 Å². The summed E-state index contributed by atoms with van der Waals surface area (Å²) in [6.07, 6.45) is 0.758. The van der Waals surface area contributed by atoms with Gasteiger partial charge in [-0.3, -0.25) is 9.69 Å². The predicted molar refractivity (Wildman–Crippen MR) is 60.3 cm³/mol. The highest BCUT2D eigenvalue weighted by Crippen LogP contribution is 2.25. The molecule has 0 radical (unpaired) electrons. The van der Waals surface area contributed by atoms with Crippen molar-refractivity contribution < 1.29 is 9.90 Å². The van der Waals surface area contributed by atoms with Gasteiger partial charge in [-0.25, -0.2) is 0 Å². The van der Waals surface area contributed by atoms with Crippen molar-refractivity contribution >= 4 is 28.9 Å². The molecule has 1 fully saturated rings. The molecule has 3 nitrogen and oxygen atoms in total. The van der Waals surface area contributed by atoms with E-state index in [1.165, 1.54) is 4.88 Å². The molecule has 0 aliphatic carbocycles. The fourth-order valence-corrected chi connectivity index (χ4v) is 2.96. The monoisotopic (exact) mass is 245 g/mol. The predicted octanol–water partition coefficient (Wildman–Crippen LogP) is 2.31. The van der Waals surface area contributed by atoms with E-state index in [0.717, 1.165) is 23.8 Å². The van der Waals surface area contributed by atoms with Crippen molar-refractivity contribution in [3.05, 3.63) is 21.3 Å². The summed E-state index contributed by atoms with van der Waals surface area (Å²) >= 11 is 7.39. The fraction of sp³-hybridized carbons (Fsp3) is 0.500. The van der Waals surface area contributed by atoms with Gasteiger partial charge < -0.3 is 5.11 Å². The summed E-state index contributed by atoms with van der Waals surface area (Å²) in [5.74, 6) is -0.873. The number of hydrogen-bond acceptors (Lipinski definition) is 3. The second kappa shape index (κ2) is 4.51. The largest absolute Gasteiger partial charge is 0.481 e. The quantitative estimate of drug-likeness (QED) is 0.889. The van der Waals surface area contributed by atoms with E-state index in [-0.39, 0.29) is 5.92 Å². The van der Waals surface area contributed by atoms with Crippen molar-refractivity contribution in [1.82, 2.24) is 4.90 Å². The van der Waals surface area contributed by atoms with E-state index in [9.17, 15) is 4.79 Å². The molecule has 1 N–H and O–H groups in total. The lowest BCUT2D eigenvalue weighted by Crippen LogP contribution is -2.22. The third-order valence-corrected chi connectivity index (χ3v) is 3.85. The maximum atomic E-state index is 10.8. The van der Waals surface area contributed by atoms with Gasteiger partial charge >= 0.3 is 5.97 Å². The molecule has 1 aliphatic rings. The second-order valence-electron chi connectivity index (χ2n) is 3.76. The zero-order valence-corrected chi connectivity index (χ0v) is 9.72. The Hall–Kier alpha value is -0.580. The summed E-state index contributed by atoms with van der Waals surface area (Å²) in [4.78, 5) is 14.1. The van der Waals surface area contributed by atoms with Gasteiger partial charge in [0.15, 0.2) is 0 Å². The number of carbonyl (C=O) groups is 1. The number of halogens is 1. The second-order valence-corrected chi connectivity index (χ2v) is 5.56. The van der Waals surface area contributed by atoms with Crippen LogP contribution >= 0.6 is 22.9 Å². The number of hydrogen-bond donors (Lipinski definition) is 1. The maximum absolute atomic E-state index is 10.8. The van der Waals surface area contributed by atoms with E-state index in [1.54, 1.807) is 11.3 Å². The molecule has 2 heterocycles. The molecule has 1 aliphatic heterocycles. The van der Waals surface area contributed by atoms with Crippen molar-refractivity contribution in [2.24, 2.45) is 5.92 Å². The Morgan fingerprint density at radius 1 is 1.67 bits per heavy atom. The van der Waals surface area contributed by atoms with Crippen LogP contribution < -0.4 is 0 Å². The van der Waals surface area contributed by atoms with E-state index in [4.69, 9.17) is 16.7 Å². The van der Waals surface area contributed by atoms with Crippen LogP contribution in [0.1, 0.15) is 11.3 Å². The molecule has 0 bridgehead atoms. The summed E-state index contributed by atoms with van der Waals surface area (Å²) in [6.45, 7) is 2.35. The Labute approximate surface area is 97.3 Å². The van der Waals surface area contributed by atoms with E-state index < -0.39 is 5.97 Å². The molecule has 0 spiro atoms. The van der Waals surface area contributed by atoms with Crippen LogP contribution in [0, 0.1) is 5.92 Å². The van der Waals surface area contributed by atoms with Crippen LogP contribution in [0.5, 0.6) is 0 Å². The first-order valence-electron chi connectivity index (χ1n) is 4.84. The van der Waals surface area contributed by atoms with Gasteiger partial charge in [0.25, 0.3) is 0 Å². The molecule has 1 aromatic heterocycles. The summed E-state index contributed by atoms with van der Waals surface area (Å²) in [6, 6.07) is 3.88. The number of aliphatic carboxylic acids is 1. The fourth-order valence-electron chi connectivity index (χ4n) is 1.83. The molecule has 82 valence electrons. The number of likely N-dealkylation sites (tertiary alicyclic amines) is 1. The van der Waals surface area contributed by atoms with Crippen molar-refractivity contribution in [1.29, 1.82) is 0 Å². The third kappa shape index (κ3) is 2.71. The van der Waals surface area contributed by atoms with Gasteiger partial charge in [-0.2, -0.15) is 0 Å².